The van der Waals surface area contributed by atoms with E-state index in [0.29, 0.717) is 23.0 Å². The summed E-state index contributed by atoms with van der Waals surface area (Å²) in [5.41, 5.74) is 1.55. The maximum Gasteiger partial charge on any atom is 0.265 e. The summed E-state index contributed by atoms with van der Waals surface area (Å²) >= 11 is 2.80. The molecular weight excluding hydrogens is 384 g/mol. The highest BCUT2D eigenvalue weighted by molar-refractivity contribution is 7.29. The van der Waals surface area contributed by atoms with E-state index < -0.39 is 0 Å². The van der Waals surface area contributed by atoms with Crippen LogP contribution in [0.3, 0.4) is 0 Å². The lowest BCUT2D eigenvalue weighted by Crippen LogP contribution is -2.09. The van der Waals surface area contributed by atoms with Crippen LogP contribution in [-0.2, 0) is 0 Å². The number of aromatic nitrogens is 2. The minimum Gasteiger partial charge on any atom is -0.441 e. The van der Waals surface area contributed by atoms with Gasteiger partial charge in [0.15, 0.2) is 5.13 Å². The topological polar surface area (TPSA) is 100 Å². The number of rotatable bonds is 6. The zero-order valence-corrected chi connectivity index (χ0v) is 16.0. The molecule has 0 fully saturated rings. The predicted octanol–water partition coefficient (Wildman–Crippen LogP) is 3.98. The second kappa shape index (κ2) is 7.47. The number of oxazole rings is 1. The molecule has 3 heterocycles. The lowest BCUT2D eigenvalue weighted by Gasteiger charge is -2.04. The molecular formula is C18H16N4O3S2. The number of nitrogens with zero attached hydrogens (tertiary/aromatic N) is 2. The van der Waals surface area contributed by atoms with Crippen LogP contribution in [0.4, 0.5) is 10.8 Å². The summed E-state index contributed by atoms with van der Waals surface area (Å²) in [4.78, 5) is 22.5. The summed E-state index contributed by atoms with van der Waals surface area (Å²) in [5.74, 6) is 1.14. The summed E-state index contributed by atoms with van der Waals surface area (Å²) < 4.78 is 6.44. The van der Waals surface area contributed by atoms with Crippen LogP contribution in [0.15, 0.2) is 40.9 Å². The molecule has 7 nitrogen and oxygen atoms in total. The van der Waals surface area contributed by atoms with Crippen LogP contribution in [0.5, 0.6) is 0 Å². The largest absolute Gasteiger partial charge is 0.441 e. The number of amides is 1. The summed E-state index contributed by atoms with van der Waals surface area (Å²) in [6.07, 6.45) is 1.67. The Bertz CT molecular complexity index is 1050. The van der Waals surface area contributed by atoms with Gasteiger partial charge in [-0.3, -0.25) is 4.79 Å². The first-order valence-electron chi connectivity index (χ1n) is 8.22. The first-order valence-corrected chi connectivity index (χ1v) is 9.85. The molecule has 0 saturated heterocycles. The number of anilines is 2. The van der Waals surface area contributed by atoms with Gasteiger partial charge >= 0.3 is 0 Å². The van der Waals surface area contributed by atoms with Crippen LogP contribution < -0.4 is 10.6 Å². The molecule has 4 aromatic rings. The normalized spacial score (nSPS) is 11.0. The second-order valence-electron chi connectivity index (χ2n) is 5.76. The first-order chi connectivity index (χ1) is 13.1. The number of carbonyl (C=O) groups excluding carboxylic acids is 1. The van der Waals surface area contributed by atoms with Gasteiger partial charge in [-0.2, -0.15) is 0 Å². The minimum absolute atomic E-state index is 0.0509. The van der Waals surface area contributed by atoms with Gasteiger partial charge in [0.1, 0.15) is 10.6 Å². The molecule has 0 aliphatic rings. The van der Waals surface area contributed by atoms with Crippen LogP contribution in [0, 0.1) is 6.92 Å². The lowest BCUT2D eigenvalue weighted by atomic mass is 10.2. The van der Waals surface area contributed by atoms with Crippen molar-refractivity contribution in [3.8, 4) is 11.5 Å². The molecule has 0 aliphatic carbocycles. The number of thiazole rings is 1. The van der Waals surface area contributed by atoms with Gasteiger partial charge in [-0.05, 0) is 37.3 Å². The fraction of sp³-hybridized carbons (Fsp3) is 0.167. The molecule has 4 rings (SSSR count). The van der Waals surface area contributed by atoms with Crippen molar-refractivity contribution >= 4 is 48.9 Å². The van der Waals surface area contributed by atoms with Crippen LogP contribution >= 0.6 is 22.7 Å². The fourth-order valence-corrected chi connectivity index (χ4v) is 4.50. The van der Waals surface area contributed by atoms with Crippen LogP contribution in [0.25, 0.3) is 21.0 Å². The summed E-state index contributed by atoms with van der Waals surface area (Å²) in [5, 5.41) is 15.5. The lowest BCUT2D eigenvalue weighted by molar-refractivity contribution is 0.103. The number of carbonyl (C=O) groups is 1. The quantitative estimate of drug-likeness (QED) is 0.453. The number of aryl methyl sites for hydroxylation is 1. The number of fused-ring (bicyclic) bond motifs is 1. The van der Waals surface area contributed by atoms with Gasteiger partial charge in [-0.25, -0.2) is 9.97 Å². The van der Waals surface area contributed by atoms with Crippen molar-refractivity contribution in [1.82, 2.24) is 9.97 Å². The Morgan fingerprint density at radius 2 is 2.07 bits per heavy atom. The van der Waals surface area contributed by atoms with E-state index in [9.17, 15) is 4.79 Å². The van der Waals surface area contributed by atoms with E-state index in [4.69, 9.17) is 9.52 Å². The van der Waals surface area contributed by atoms with E-state index in [1.54, 1.807) is 6.20 Å². The van der Waals surface area contributed by atoms with Gasteiger partial charge in [0.05, 0.1) is 22.4 Å². The molecule has 0 bridgehead atoms. The molecule has 0 spiro atoms. The van der Waals surface area contributed by atoms with Crippen molar-refractivity contribution < 1.29 is 14.3 Å². The van der Waals surface area contributed by atoms with Gasteiger partial charge in [0, 0.05) is 17.8 Å². The number of benzene rings is 1. The van der Waals surface area contributed by atoms with Crippen LogP contribution in [0.2, 0.25) is 0 Å². The molecule has 0 atom stereocenters. The van der Waals surface area contributed by atoms with Gasteiger partial charge in [-0.15, -0.1) is 11.3 Å². The van der Waals surface area contributed by atoms with E-state index in [1.165, 1.54) is 22.7 Å². The standard InChI is InChI=1S/C18H16N4O3S2/c1-10-9-20-16(25-10)11-2-4-12(5-3-11)21-15(24)13-8-14-17(26-13)22-18(27-14)19-6-7-23/h2-5,8-9,23H,6-7H2,1H3,(H,19,22)(H,21,24). The number of hydrogen-bond acceptors (Lipinski definition) is 8. The Balaban J connectivity index is 1.45. The molecule has 0 saturated carbocycles. The highest BCUT2D eigenvalue weighted by atomic mass is 32.1. The van der Waals surface area contributed by atoms with Gasteiger partial charge < -0.3 is 20.2 Å². The molecule has 3 aromatic heterocycles. The first kappa shape index (κ1) is 17.7. The Morgan fingerprint density at radius 1 is 1.26 bits per heavy atom. The second-order valence-corrected chi connectivity index (χ2v) is 7.82. The average Bonchev–Trinajstić information content (AvgIpc) is 3.35. The maximum absolute atomic E-state index is 12.5. The molecule has 9 heteroatoms. The number of thiophene rings is 1. The van der Waals surface area contributed by atoms with Crippen LogP contribution in [-0.4, -0.2) is 34.1 Å². The Morgan fingerprint density at radius 3 is 2.74 bits per heavy atom. The van der Waals surface area contributed by atoms with E-state index in [2.05, 4.69) is 20.6 Å². The SMILES string of the molecule is Cc1cnc(-c2ccc(NC(=O)c3cc4sc(NCCO)nc4s3)cc2)o1. The maximum atomic E-state index is 12.5. The van der Waals surface area contributed by atoms with Crippen molar-refractivity contribution in [2.24, 2.45) is 0 Å². The zero-order chi connectivity index (χ0) is 18.8. The Hall–Kier alpha value is -2.75. The highest BCUT2D eigenvalue weighted by Gasteiger charge is 2.14. The number of aliphatic hydroxyl groups excluding tert-OH is 1. The van der Waals surface area contributed by atoms with E-state index >= 15 is 0 Å². The van der Waals surface area contributed by atoms with Gasteiger partial charge in [0.25, 0.3) is 5.91 Å². The van der Waals surface area contributed by atoms with Crippen molar-refractivity contribution in [1.29, 1.82) is 0 Å². The monoisotopic (exact) mass is 400 g/mol. The summed E-state index contributed by atoms with van der Waals surface area (Å²) in [6, 6.07) is 9.18. The zero-order valence-electron chi connectivity index (χ0n) is 14.4. The van der Waals surface area contributed by atoms with Crippen molar-refractivity contribution in [3.05, 3.63) is 47.2 Å². The smallest absolute Gasteiger partial charge is 0.265 e. The van der Waals surface area contributed by atoms with Crippen molar-refractivity contribution in [2.75, 3.05) is 23.8 Å². The molecule has 27 heavy (non-hydrogen) atoms. The average molecular weight is 400 g/mol. The summed E-state index contributed by atoms with van der Waals surface area (Å²) in [6.45, 7) is 2.35. The number of nitrogens with one attached hydrogen (secondary N) is 2. The van der Waals surface area contributed by atoms with E-state index in [-0.39, 0.29) is 12.5 Å². The summed E-state index contributed by atoms with van der Waals surface area (Å²) in [7, 11) is 0. The van der Waals surface area contributed by atoms with E-state index in [1.807, 2.05) is 37.3 Å². The molecule has 0 unspecified atom stereocenters. The molecule has 3 N–H and O–H groups in total. The number of aliphatic hydroxyl groups is 1. The Kier molecular flexibility index (Phi) is 4.88. The predicted molar refractivity (Wildman–Crippen MR) is 108 cm³/mol. The molecule has 0 radical (unpaired) electrons. The minimum atomic E-state index is -0.171. The fourth-order valence-electron chi connectivity index (χ4n) is 2.46. The number of hydrogen-bond donors (Lipinski definition) is 3. The third-order valence-electron chi connectivity index (χ3n) is 3.71. The van der Waals surface area contributed by atoms with Crippen molar-refractivity contribution in [3.63, 3.8) is 0 Å². The third kappa shape index (κ3) is 3.85. The van der Waals surface area contributed by atoms with E-state index in [0.717, 1.165) is 26.0 Å². The van der Waals surface area contributed by atoms with Gasteiger partial charge in [0.2, 0.25) is 5.89 Å². The highest BCUT2D eigenvalue weighted by Crippen LogP contribution is 2.33. The van der Waals surface area contributed by atoms with Crippen LogP contribution in [0.1, 0.15) is 15.4 Å². The molecule has 138 valence electrons. The Labute approximate surface area is 162 Å². The molecule has 1 aromatic carbocycles. The van der Waals surface area contributed by atoms with Gasteiger partial charge in [-0.1, -0.05) is 11.3 Å². The third-order valence-corrected chi connectivity index (χ3v) is 5.83. The van der Waals surface area contributed by atoms with Crippen molar-refractivity contribution in [2.45, 2.75) is 6.92 Å². The molecule has 1 amide bonds. The molecule has 0 aliphatic heterocycles.